The fourth-order valence-electron chi connectivity index (χ4n) is 7.48. The number of benzene rings is 4. The molecular formula is C51H52N6O4. The summed E-state index contributed by atoms with van der Waals surface area (Å²) in [6.45, 7) is 17.4. The second-order valence-corrected chi connectivity index (χ2v) is 17.0. The van der Waals surface area contributed by atoms with Crippen molar-refractivity contribution in [2.45, 2.75) is 80.1 Å². The summed E-state index contributed by atoms with van der Waals surface area (Å²) in [5, 5.41) is 2.01. The Morgan fingerprint density at radius 1 is 0.443 bits per heavy atom. The summed E-state index contributed by atoms with van der Waals surface area (Å²) in [5.41, 5.74) is 6.28. The van der Waals surface area contributed by atoms with E-state index in [0.29, 0.717) is 64.0 Å². The maximum absolute atomic E-state index is 6.62. The average molecular weight is 813 g/mol. The Balaban J connectivity index is 1.13. The van der Waals surface area contributed by atoms with Crippen LogP contribution in [0.2, 0.25) is 0 Å². The predicted molar refractivity (Wildman–Crippen MR) is 241 cm³/mol. The Morgan fingerprint density at radius 3 is 1.28 bits per heavy atom. The lowest BCUT2D eigenvalue weighted by Crippen LogP contribution is -2.01. The van der Waals surface area contributed by atoms with Gasteiger partial charge in [-0.15, -0.1) is 0 Å². The van der Waals surface area contributed by atoms with Gasteiger partial charge in [0.05, 0.1) is 11.0 Å². The molecule has 0 spiro atoms. The van der Waals surface area contributed by atoms with Gasteiger partial charge in [-0.1, -0.05) is 55.4 Å². The molecule has 4 aromatic carbocycles. The van der Waals surface area contributed by atoms with Crippen LogP contribution in [0.1, 0.15) is 89.5 Å². The second kappa shape index (κ2) is 17.8. The molecule has 0 saturated carbocycles. The summed E-state index contributed by atoms with van der Waals surface area (Å²) >= 11 is 0. The van der Waals surface area contributed by atoms with E-state index in [1.54, 1.807) is 12.4 Å². The highest BCUT2D eigenvalue weighted by molar-refractivity contribution is 6.09. The van der Waals surface area contributed by atoms with Crippen LogP contribution in [-0.2, 0) is 12.8 Å². The predicted octanol–water partition coefficient (Wildman–Crippen LogP) is 13.6. The third-order valence-electron chi connectivity index (χ3n) is 10.3. The first kappa shape index (κ1) is 40.9. The molecule has 8 rings (SSSR count). The summed E-state index contributed by atoms with van der Waals surface area (Å²) in [4.78, 5) is 22.2. The van der Waals surface area contributed by atoms with E-state index in [4.69, 9.17) is 18.9 Å². The van der Waals surface area contributed by atoms with Crippen LogP contribution < -0.4 is 18.9 Å². The second-order valence-electron chi connectivity index (χ2n) is 17.0. The highest BCUT2D eigenvalue weighted by Gasteiger charge is 2.18. The van der Waals surface area contributed by atoms with E-state index < -0.39 is 0 Å². The molecule has 0 fully saturated rings. The molecule has 0 bridgehead atoms. The van der Waals surface area contributed by atoms with Gasteiger partial charge in [0.2, 0.25) is 17.7 Å². The van der Waals surface area contributed by atoms with Gasteiger partial charge >= 0.3 is 0 Å². The van der Waals surface area contributed by atoms with Crippen molar-refractivity contribution in [3.63, 3.8) is 0 Å². The Hall–Kier alpha value is -6.81. The normalized spacial score (nSPS) is 11.7. The van der Waals surface area contributed by atoms with Crippen LogP contribution in [-0.4, -0.2) is 29.5 Å². The van der Waals surface area contributed by atoms with E-state index in [0.717, 1.165) is 45.8 Å². The van der Waals surface area contributed by atoms with Crippen molar-refractivity contribution >= 4 is 21.8 Å². The number of ether oxygens (including phenoxy) is 4. The molecule has 10 nitrogen and oxygen atoms in total. The molecule has 0 radical (unpaired) electrons. The van der Waals surface area contributed by atoms with Crippen molar-refractivity contribution in [3.8, 4) is 52.2 Å². The van der Waals surface area contributed by atoms with E-state index in [1.807, 2.05) is 77.4 Å². The van der Waals surface area contributed by atoms with E-state index in [9.17, 15) is 0 Å². The van der Waals surface area contributed by atoms with Gasteiger partial charge in [0.15, 0.2) is 0 Å². The molecule has 4 heterocycles. The number of hydrogen-bond donors (Lipinski definition) is 0. The van der Waals surface area contributed by atoms with E-state index in [1.165, 1.54) is 23.8 Å². The molecule has 4 aromatic heterocycles. The molecule has 0 unspecified atom stereocenters. The van der Waals surface area contributed by atoms with Gasteiger partial charge in [-0.05, 0) is 119 Å². The molecule has 8 aromatic rings. The Labute approximate surface area is 357 Å². The first-order chi connectivity index (χ1) is 29.4. The minimum Gasteiger partial charge on any atom is -0.457 e. The van der Waals surface area contributed by atoms with Crippen molar-refractivity contribution in [2.24, 2.45) is 11.8 Å². The van der Waals surface area contributed by atoms with Crippen molar-refractivity contribution < 1.29 is 18.9 Å². The molecule has 0 aliphatic carbocycles. The number of fused-ring (bicyclic) bond motifs is 3. The van der Waals surface area contributed by atoms with Crippen LogP contribution in [0.25, 0.3) is 27.8 Å². The summed E-state index contributed by atoms with van der Waals surface area (Å²) in [6, 6.07) is 32.2. The van der Waals surface area contributed by atoms with Gasteiger partial charge in [0, 0.05) is 59.6 Å². The zero-order chi connectivity index (χ0) is 42.6. The molecule has 0 atom stereocenters. The summed E-state index contributed by atoms with van der Waals surface area (Å²) in [5.74, 6) is 7.04. The Bertz CT molecular complexity index is 2630. The fourth-order valence-corrected chi connectivity index (χ4v) is 7.48. The molecule has 0 amide bonds. The number of nitrogens with zero attached hydrogens (tertiary/aromatic N) is 6. The number of pyridine rings is 2. The zero-order valence-electron chi connectivity index (χ0n) is 36.1. The standard InChI is InChI=1S/C51H52N6O4/c1-31(2)17-35-13-15-53-49(19-35)60-43-23-37(33(5)6)21-41(25-43)58-39-9-11-45-46-12-10-40(28-48(46)57(47(45)27-39)51-55-29-52-30-56-51)59-42-22-38(34(7)8)24-44(26-42)61-50-20-36(14-16-54-50)18-32(3)4/h9-16,19-34H,17-18H2,1-8H3. The molecule has 0 N–H and O–H groups in total. The van der Waals surface area contributed by atoms with Crippen molar-refractivity contribution in [1.82, 2.24) is 29.5 Å². The minimum atomic E-state index is 0.243. The summed E-state index contributed by atoms with van der Waals surface area (Å²) < 4.78 is 27.9. The third kappa shape index (κ3) is 9.81. The Kier molecular flexibility index (Phi) is 12.0. The largest absolute Gasteiger partial charge is 0.457 e. The molecule has 0 aliphatic rings. The van der Waals surface area contributed by atoms with Crippen LogP contribution in [0, 0.1) is 11.8 Å². The number of rotatable bonds is 15. The monoisotopic (exact) mass is 812 g/mol. The van der Waals surface area contributed by atoms with Gasteiger partial charge < -0.3 is 18.9 Å². The van der Waals surface area contributed by atoms with Crippen LogP contribution in [0.15, 0.2) is 122 Å². The molecule has 10 heteroatoms. The molecule has 61 heavy (non-hydrogen) atoms. The van der Waals surface area contributed by atoms with Gasteiger partial charge in [-0.2, -0.15) is 0 Å². The molecule has 0 aliphatic heterocycles. The topological polar surface area (TPSA) is 106 Å². The van der Waals surface area contributed by atoms with Gasteiger partial charge in [0.25, 0.3) is 0 Å². The van der Waals surface area contributed by atoms with Crippen molar-refractivity contribution in [1.29, 1.82) is 0 Å². The lowest BCUT2D eigenvalue weighted by Gasteiger charge is -2.14. The summed E-state index contributed by atoms with van der Waals surface area (Å²) in [6.07, 6.45) is 8.50. The highest BCUT2D eigenvalue weighted by Crippen LogP contribution is 2.39. The van der Waals surface area contributed by atoms with Crippen LogP contribution in [0.3, 0.4) is 0 Å². The van der Waals surface area contributed by atoms with Gasteiger partial charge in [-0.25, -0.2) is 24.9 Å². The molecular weight excluding hydrogens is 761 g/mol. The summed E-state index contributed by atoms with van der Waals surface area (Å²) in [7, 11) is 0. The highest BCUT2D eigenvalue weighted by atomic mass is 16.5. The average Bonchev–Trinajstić information content (AvgIpc) is 3.53. The molecule has 310 valence electrons. The van der Waals surface area contributed by atoms with Crippen molar-refractivity contribution in [3.05, 3.63) is 144 Å². The van der Waals surface area contributed by atoms with Crippen molar-refractivity contribution in [2.75, 3.05) is 0 Å². The SMILES string of the molecule is CC(C)Cc1ccnc(Oc2cc(Oc3ccc4c5ccc(Oc6cc(Oc7cc(CC(C)C)ccn7)cc(C(C)C)c6)cc5n(-c5ncncn5)c4c3)cc(C(C)C)c2)c1. The third-order valence-corrected chi connectivity index (χ3v) is 10.3. The van der Waals surface area contributed by atoms with E-state index >= 15 is 0 Å². The lowest BCUT2D eigenvalue weighted by atomic mass is 10.0. The minimum absolute atomic E-state index is 0.243. The van der Waals surface area contributed by atoms with Crippen LogP contribution in [0.4, 0.5) is 0 Å². The van der Waals surface area contributed by atoms with Gasteiger partial charge in [-0.3, -0.25) is 4.57 Å². The number of aromatic nitrogens is 6. The lowest BCUT2D eigenvalue weighted by molar-refractivity contribution is 0.446. The van der Waals surface area contributed by atoms with Gasteiger partial charge in [0.1, 0.15) is 47.2 Å². The number of hydrogen-bond acceptors (Lipinski definition) is 9. The first-order valence-electron chi connectivity index (χ1n) is 21.1. The quantitative estimate of drug-likeness (QED) is 0.1000. The van der Waals surface area contributed by atoms with Crippen LogP contribution >= 0.6 is 0 Å². The maximum Gasteiger partial charge on any atom is 0.237 e. The van der Waals surface area contributed by atoms with E-state index in [2.05, 4.69) is 105 Å². The van der Waals surface area contributed by atoms with Crippen LogP contribution in [0.5, 0.6) is 46.3 Å². The molecule has 0 saturated heterocycles. The first-order valence-corrected chi connectivity index (χ1v) is 21.1. The smallest absolute Gasteiger partial charge is 0.237 e. The van der Waals surface area contributed by atoms with E-state index in [-0.39, 0.29) is 11.8 Å². The maximum atomic E-state index is 6.62. The zero-order valence-corrected chi connectivity index (χ0v) is 36.1. The Morgan fingerprint density at radius 2 is 0.869 bits per heavy atom. The fraction of sp³-hybridized carbons (Fsp3) is 0.275.